The van der Waals surface area contributed by atoms with Crippen LogP contribution in [0.5, 0.6) is 0 Å². The first-order chi connectivity index (χ1) is 15.6. The van der Waals surface area contributed by atoms with E-state index >= 15 is 0 Å². The molecule has 32 heavy (non-hydrogen) atoms. The van der Waals surface area contributed by atoms with Crippen LogP contribution >= 0.6 is 11.6 Å². The molecule has 2 aliphatic carbocycles. The first-order valence-corrected chi connectivity index (χ1v) is 11.2. The van der Waals surface area contributed by atoms with Crippen LogP contribution in [0.25, 0.3) is 5.57 Å². The number of halogens is 1. The number of carbonyl (C=O) groups is 2. The van der Waals surface area contributed by atoms with Crippen LogP contribution in [0.4, 0.5) is 5.69 Å². The summed E-state index contributed by atoms with van der Waals surface area (Å²) in [6, 6.07) is 27.5. The quantitative estimate of drug-likeness (QED) is 0.385. The predicted octanol–water partition coefficient (Wildman–Crippen LogP) is 5.76. The molecule has 6 rings (SSSR count). The maximum absolute atomic E-state index is 13.5. The van der Waals surface area contributed by atoms with Crippen molar-refractivity contribution in [2.45, 2.75) is 0 Å². The van der Waals surface area contributed by atoms with E-state index in [1.807, 2.05) is 36.4 Å². The van der Waals surface area contributed by atoms with E-state index in [2.05, 4.69) is 36.4 Å². The molecule has 3 nitrogen and oxygen atoms in total. The molecule has 1 heterocycles. The van der Waals surface area contributed by atoms with Crippen LogP contribution in [-0.4, -0.2) is 11.8 Å². The van der Waals surface area contributed by atoms with Crippen LogP contribution in [0.15, 0.2) is 103 Å². The van der Waals surface area contributed by atoms with Gasteiger partial charge in [-0.25, -0.2) is 4.90 Å². The third-order valence-corrected chi connectivity index (χ3v) is 7.17. The van der Waals surface area contributed by atoms with Crippen molar-refractivity contribution in [3.05, 3.63) is 119 Å². The van der Waals surface area contributed by atoms with Gasteiger partial charge in [0.15, 0.2) is 0 Å². The average molecular weight is 438 g/mol. The van der Waals surface area contributed by atoms with Crippen molar-refractivity contribution >= 4 is 34.7 Å². The van der Waals surface area contributed by atoms with Gasteiger partial charge in [0.05, 0.1) is 17.5 Å². The minimum Gasteiger partial charge on any atom is -0.274 e. The Hall–Kier alpha value is -3.43. The van der Waals surface area contributed by atoms with E-state index in [1.165, 1.54) is 10.5 Å². The Morgan fingerprint density at radius 3 is 1.59 bits per heavy atom. The molecule has 2 bridgehead atoms. The Morgan fingerprint density at radius 2 is 1.12 bits per heavy atom. The molecular formula is C28H20ClNO2. The molecule has 3 aromatic carbocycles. The van der Waals surface area contributed by atoms with Crippen LogP contribution in [0.1, 0.15) is 11.1 Å². The third kappa shape index (κ3) is 2.74. The van der Waals surface area contributed by atoms with Gasteiger partial charge in [0, 0.05) is 16.9 Å². The number of allylic oxidation sites excluding steroid dienone is 3. The molecule has 3 aromatic rings. The number of fused-ring (bicyclic) bond motifs is 5. The average Bonchev–Trinajstić information content (AvgIpc) is 3.46. The molecule has 1 saturated heterocycles. The highest BCUT2D eigenvalue weighted by Crippen LogP contribution is 2.58. The second-order valence-corrected chi connectivity index (χ2v) is 8.98. The summed E-state index contributed by atoms with van der Waals surface area (Å²) in [5.74, 6) is -1.09. The Balaban J connectivity index is 1.48. The Bertz CT molecular complexity index is 1200. The smallest absolute Gasteiger partial charge is 0.238 e. The molecule has 3 aliphatic rings. The summed E-state index contributed by atoms with van der Waals surface area (Å²) in [4.78, 5) is 28.4. The van der Waals surface area contributed by atoms with E-state index in [9.17, 15) is 9.59 Å². The molecule has 0 aromatic heterocycles. The van der Waals surface area contributed by atoms with Gasteiger partial charge in [-0.2, -0.15) is 0 Å². The van der Waals surface area contributed by atoms with Crippen LogP contribution in [0.2, 0.25) is 5.02 Å². The third-order valence-electron chi connectivity index (χ3n) is 6.91. The lowest BCUT2D eigenvalue weighted by atomic mass is 9.85. The molecule has 4 atom stereocenters. The number of nitrogens with zero attached hydrogens (tertiary/aromatic N) is 1. The first-order valence-electron chi connectivity index (χ1n) is 10.8. The fourth-order valence-electron chi connectivity index (χ4n) is 5.65. The summed E-state index contributed by atoms with van der Waals surface area (Å²) in [6.07, 6.45) is 4.26. The Morgan fingerprint density at radius 1 is 0.656 bits per heavy atom. The molecule has 2 amide bonds. The summed E-state index contributed by atoms with van der Waals surface area (Å²) >= 11 is 6.01. The molecule has 156 valence electrons. The van der Waals surface area contributed by atoms with Crippen molar-refractivity contribution in [1.29, 1.82) is 0 Å². The molecule has 0 unspecified atom stereocenters. The normalized spacial score (nSPS) is 25.5. The number of hydrogen-bond acceptors (Lipinski definition) is 2. The zero-order valence-electron chi connectivity index (χ0n) is 17.2. The number of rotatable bonds is 3. The Labute approximate surface area is 191 Å². The molecule has 1 saturated carbocycles. The largest absolute Gasteiger partial charge is 0.274 e. The van der Waals surface area contributed by atoms with Gasteiger partial charge in [-0.1, -0.05) is 84.4 Å². The molecule has 0 radical (unpaired) electrons. The zero-order valence-corrected chi connectivity index (χ0v) is 17.9. The number of amides is 2. The highest BCUT2D eigenvalue weighted by Gasteiger charge is 2.62. The minimum atomic E-state index is -0.356. The Kier molecular flexibility index (Phi) is 4.41. The van der Waals surface area contributed by atoms with Crippen molar-refractivity contribution in [2.24, 2.45) is 23.7 Å². The predicted molar refractivity (Wildman–Crippen MR) is 126 cm³/mol. The summed E-state index contributed by atoms with van der Waals surface area (Å²) in [7, 11) is 0. The van der Waals surface area contributed by atoms with Gasteiger partial charge in [-0.15, -0.1) is 0 Å². The van der Waals surface area contributed by atoms with Gasteiger partial charge in [-0.05, 0) is 46.5 Å². The summed E-state index contributed by atoms with van der Waals surface area (Å²) in [6.45, 7) is 0. The second-order valence-electron chi connectivity index (χ2n) is 8.54. The van der Waals surface area contributed by atoms with Gasteiger partial charge in [0.25, 0.3) is 0 Å². The van der Waals surface area contributed by atoms with E-state index in [0.29, 0.717) is 10.7 Å². The van der Waals surface area contributed by atoms with Gasteiger partial charge >= 0.3 is 0 Å². The lowest BCUT2D eigenvalue weighted by Crippen LogP contribution is -2.33. The van der Waals surface area contributed by atoms with Gasteiger partial charge in [-0.3, -0.25) is 9.59 Å². The van der Waals surface area contributed by atoms with Crippen molar-refractivity contribution in [2.75, 3.05) is 4.90 Å². The van der Waals surface area contributed by atoms with E-state index < -0.39 is 0 Å². The summed E-state index contributed by atoms with van der Waals surface area (Å²) in [5.41, 5.74) is 5.15. The fraction of sp³-hybridized carbons (Fsp3) is 0.143. The zero-order chi connectivity index (χ0) is 21.8. The van der Waals surface area contributed by atoms with E-state index in [-0.39, 0.29) is 35.5 Å². The molecule has 0 spiro atoms. The monoisotopic (exact) mass is 437 g/mol. The summed E-state index contributed by atoms with van der Waals surface area (Å²) in [5, 5.41) is 0.579. The van der Waals surface area contributed by atoms with Crippen molar-refractivity contribution in [1.82, 2.24) is 0 Å². The maximum Gasteiger partial charge on any atom is 0.238 e. The minimum absolute atomic E-state index is 0.0748. The molecule has 2 fully saturated rings. The highest BCUT2D eigenvalue weighted by molar-refractivity contribution is 6.31. The van der Waals surface area contributed by atoms with Crippen molar-refractivity contribution in [3.8, 4) is 0 Å². The summed E-state index contributed by atoms with van der Waals surface area (Å²) < 4.78 is 0. The highest BCUT2D eigenvalue weighted by atomic mass is 35.5. The van der Waals surface area contributed by atoms with Gasteiger partial charge < -0.3 is 0 Å². The molecular weight excluding hydrogens is 418 g/mol. The van der Waals surface area contributed by atoms with Crippen molar-refractivity contribution < 1.29 is 9.59 Å². The van der Waals surface area contributed by atoms with E-state index in [1.54, 1.807) is 24.3 Å². The lowest BCUT2D eigenvalue weighted by Gasteiger charge is -2.21. The first kappa shape index (κ1) is 19.3. The van der Waals surface area contributed by atoms with Crippen LogP contribution < -0.4 is 4.90 Å². The number of hydrogen-bond donors (Lipinski definition) is 0. The van der Waals surface area contributed by atoms with E-state index in [4.69, 9.17) is 11.6 Å². The van der Waals surface area contributed by atoms with E-state index in [0.717, 1.165) is 16.7 Å². The van der Waals surface area contributed by atoms with Gasteiger partial charge in [0.2, 0.25) is 11.8 Å². The number of anilines is 1. The van der Waals surface area contributed by atoms with Crippen LogP contribution in [0.3, 0.4) is 0 Å². The number of benzene rings is 3. The SMILES string of the molecule is O=C1[C@@H]2[C@H](C(=O)N1c1ccc(Cl)cc1)[C@H]1C=C[C@H]2C1=C(c1ccccc1)c1ccccc1. The molecule has 1 aliphatic heterocycles. The maximum atomic E-state index is 13.5. The molecule has 0 N–H and O–H groups in total. The lowest BCUT2D eigenvalue weighted by molar-refractivity contribution is -0.122. The van der Waals surface area contributed by atoms with Crippen LogP contribution in [-0.2, 0) is 9.59 Å². The molecule has 4 heteroatoms. The fourth-order valence-corrected chi connectivity index (χ4v) is 5.78. The topological polar surface area (TPSA) is 37.4 Å². The van der Waals surface area contributed by atoms with Crippen LogP contribution in [0, 0.1) is 23.7 Å². The number of imide groups is 1. The standard InChI is InChI=1S/C28H20ClNO2/c29-19-11-13-20(14-12-19)30-27(31)25-21-15-16-22(26(25)28(30)32)24(21)23(17-7-3-1-4-8-17)18-9-5-2-6-10-18/h1-16,21-22,25-26H/t21-,22-,25-,26+/m0/s1. The second kappa shape index (κ2) is 7.32. The van der Waals surface area contributed by atoms with Gasteiger partial charge in [0.1, 0.15) is 0 Å². The van der Waals surface area contributed by atoms with Crippen molar-refractivity contribution in [3.63, 3.8) is 0 Å². The number of carbonyl (C=O) groups excluding carboxylic acids is 2.